The monoisotopic (exact) mass is 289 g/mol. The maximum atomic E-state index is 11.6. The molecule has 0 atom stereocenters. The first-order chi connectivity index (χ1) is 9.76. The Morgan fingerprint density at radius 3 is 2.70 bits per heavy atom. The SMILES string of the molecule is CCCN1C(=CC(=O)OCC)SC=C1c1ccccc1. The highest BCUT2D eigenvalue weighted by Crippen LogP contribution is 2.39. The number of nitrogens with zero attached hydrogens (tertiary/aromatic N) is 1. The second-order valence-electron chi connectivity index (χ2n) is 4.37. The van der Waals surface area contributed by atoms with Crippen molar-refractivity contribution in [1.82, 2.24) is 4.90 Å². The van der Waals surface area contributed by atoms with Crippen LogP contribution in [0.4, 0.5) is 0 Å². The summed E-state index contributed by atoms with van der Waals surface area (Å²) in [6.45, 7) is 5.24. The van der Waals surface area contributed by atoms with Gasteiger partial charge in [0.15, 0.2) is 0 Å². The van der Waals surface area contributed by atoms with E-state index in [1.165, 1.54) is 5.56 Å². The molecule has 1 aliphatic heterocycles. The van der Waals surface area contributed by atoms with E-state index in [1.807, 2.05) is 25.1 Å². The molecule has 0 aliphatic carbocycles. The molecule has 0 aromatic heterocycles. The number of hydrogen-bond acceptors (Lipinski definition) is 4. The fraction of sp³-hybridized carbons (Fsp3) is 0.312. The number of rotatable bonds is 5. The van der Waals surface area contributed by atoms with E-state index in [-0.39, 0.29) is 5.97 Å². The third-order valence-corrected chi connectivity index (χ3v) is 3.81. The predicted octanol–water partition coefficient (Wildman–Crippen LogP) is 3.85. The van der Waals surface area contributed by atoms with Crippen molar-refractivity contribution in [3.05, 3.63) is 52.4 Å². The molecule has 106 valence electrons. The minimum absolute atomic E-state index is 0.279. The van der Waals surface area contributed by atoms with E-state index >= 15 is 0 Å². The van der Waals surface area contributed by atoms with E-state index in [0.717, 1.165) is 23.7 Å². The quantitative estimate of drug-likeness (QED) is 0.608. The van der Waals surface area contributed by atoms with Crippen LogP contribution in [0.2, 0.25) is 0 Å². The molecular formula is C16H19NO2S. The maximum absolute atomic E-state index is 11.6. The zero-order chi connectivity index (χ0) is 14.4. The van der Waals surface area contributed by atoms with E-state index in [4.69, 9.17) is 4.74 Å². The molecule has 1 heterocycles. The van der Waals surface area contributed by atoms with Crippen molar-refractivity contribution in [2.24, 2.45) is 0 Å². The van der Waals surface area contributed by atoms with E-state index in [9.17, 15) is 4.79 Å². The van der Waals surface area contributed by atoms with Gasteiger partial charge in [-0.15, -0.1) is 0 Å². The van der Waals surface area contributed by atoms with Gasteiger partial charge in [-0.2, -0.15) is 0 Å². The Morgan fingerprint density at radius 1 is 1.30 bits per heavy atom. The molecule has 1 aromatic carbocycles. The molecule has 2 rings (SSSR count). The van der Waals surface area contributed by atoms with E-state index < -0.39 is 0 Å². The van der Waals surface area contributed by atoms with Crippen molar-refractivity contribution in [3.63, 3.8) is 0 Å². The van der Waals surface area contributed by atoms with Crippen LogP contribution in [0, 0.1) is 0 Å². The summed E-state index contributed by atoms with van der Waals surface area (Å²) < 4.78 is 4.99. The minimum Gasteiger partial charge on any atom is -0.463 e. The first-order valence-corrected chi connectivity index (χ1v) is 7.72. The van der Waals surface area contributed by atoms with Gasteiger partial charge in [0.1, 0.15) is 0 Å². The van der Waals surface area contributed by atoms with Gasteiger partial charge >= 0.3 is 5.97 Å². The molecule has 1 aromatic rings. The summed E-state index contributed by atoms with van der Waals surface area (Å²) in [6.07, 6.45) is 2.60. The highest BCUT2D eigenvalue weighted by Gasteiger charge is 2.22. The molecule has 0 amide bonds. The lowest BCUT2D eigenvalue weighted by molar-refractivity contribution is -0.137. The first-order valence-electron chi connectivity index (χ1n) is 6.84. The Kier molecular flexibility index (Phi) is 5.30. The van der Waals surface area contributed by atoms with Crippen molar-refractivity contribution < 1.29 is 9.53 Å². The van der Waals surface area contributed by atoms with Gasteiger partial charge in [-0.3, -0.25) is 0 Å². The second-order valence-corrected chi connectivity index (χ2v) is 5.26. The van der Waals surface area contributed by atoms with Crippen LogP contribution in [0.1, 0.15) is 25.8 Å². The average molecular weight is 289 g/mol. The first kappa shape index (κ1) is 14.7. The molecule has 0 fully saturated rings. The van der Waals surface area contributed by atoms with E-state index in [2.05, 4.69) is 29.4 Å². The van der Waals surface area contributed by atoms with Crippen molar-refractivity contribution in [1.29, 1.82) is 0 Å². The normalized spacial score (nSPS) is 16.4. The van der Waals surface area contributed by atoms with Crippen LogP contribution in [-0.2, 0) is 9.53 Å². The molecule has 0 spiro atoms. The molecule has 0 bridgehead atoms. The van der Waals surface area contributed by atoms with Crippen LogP contribution in [0.5, 0.6) is 0 Å². The molecule has 1 aliphatic rings. The minimum atomic E-state index is -0.279. The van der Waals surface area contributed by atoms with Gasteiger partial charge in [-0.05, 0) is 18.9 Å². The molecular weight excluding hydrogens is 270 g/mol. The largest absolute Gasteiger partial charge is 0.463 e. The van der Waals surface area contributed by atoms with Crippen LogP contribution in [0.25, 0.3) is 5.70 Å². The lowest BCUT2D eigenvalue weighted by Crippen LogP contribution is -2.18. The Bertz CT molecular complexity index is 523. The Morgan fingerprint density at radius 2 is 2.05 bits per heavy atom. The number of hydrogen-bond donors (Lipinski definition) is 0. The van der Waals surface area contributed by atoms with Crippen molar-refractivity contribution in [2.45, 2.75) is 20.3 Å². The summed E-state index contributed by atoms with van der Waals surface area (Å²) in [7, 11) is 0. The molecule has 20 heavy (non-hydrogen) atoms. The van der Waals surface area contributed by atoms with Gasteiger partial charge in [-0.1, -0.05) is 49.0 Å². The topological polar surface area (TPSA) is 29.5 Å². The highest BCUT2D eigenvalue weighted by atomic mass is 32.2. The van der Waals surface area contributed by atoms with Crippen molar-refractivity contribution in [3.8, 4) is 0 Å². The molecule has 0 unspecified atom stereocenters. The Hall–Kier alpha value is -1.68. The predicted molar refractivity (Wildman–Crippen MR) is 83.7 cm³/mol. The van der Waals surface area contributed by atoms with Gasteiger partial charge in [-0.25, -0.2) is 4.79 Å². The van der Waals surface area contributed by atoms with E-state index in [1.54, 1.807) is 17.8 Å². The Labute approximate surface area is 124 Å². The lowest BCUT2D eigenvalue weighted by Gasteiger charge is -2.22. The third kappa shape index (κ3) is 3.45. The standard InChI is InChI=1S/C16H19NO2S/c1-3-10-17-14(13-8-6-5-7-9-13)12-20-15(17)11-16(18)19-4-2/h5-9,11-12H,3-4,10H2,1-2H3. The summed E-state index contributed by atoms with van der Waals surface area (Å²) >= 11 is 1.57. The summed E-state index contributed by atoms with van der Waals surface area (Å²) in [5.74, 6) is -0.279. The van der Waals surface area contributed by atoms with Gasteiger partial charge in [0.25, 0.3) is 0 Å². The average Bonchev–Trinajstić information content (AvgIpc) is 2.83. The maximum Gasteiger partial charge on any atom is 0.333 e. The van der Waals surface area contributed by atoms with Crippen LogP contribution in [0.15, 0.2) is 46.8 Å². The van der Waals surface area contributed by atoms with Crippen LogP contribution in [0.3, 0.4) is 0 Å². The molecule has 0 radical (unpaired) electrons. The van der Waals surface area contributed by atoms with Crippen LogP contribution >= 0.6 is 11.8 Å². The van der Waals surface area contributed by atoms with Gasteiger partial charge in [0.2, 0.25) is 0 Å². The smallest absolute Gasteiger partial charge is 0.333 e. The Balaban J connectivity index is 2.22. The fourth-order valence-electron chi connectivity index (χ4n) is 2.05. The van der Waals surface area contributed by atoms with Crippen molar-refractivity contribution in [2.75, 3.05) is 13.2 Å². The van der Waals surface area contributed by atoms with Crippen LogP contribution in [-0.4, -0.2) is 24.0 Å². The number of thioether (sulfide) groups is 1. The molecule has 0 saturated heterocycles. The molecule has 0 N–H and O–H groups in total. The summed E-state index contributed by atoms with van der Waals surface area (Å²) in [5.41, 5.74) is 2.31. The molecule has 3 nitrogen and oxygen atoms in total. The number of carbonyl (C=O) groups excluding carboxylic acids is 1. The summed E-state index contributed by atoms with van der Waals surface area (Å²) in [6, 6.07) is 10.2. The summed E-state index contributed by atoms with van der Waals surface area (Å²) in [4.78, 5) is 13.8. The van der Waals surface area contributed by atoms with Gasteiger partial charge in [0.05, 0.1) is 23.4 Å². The van der Waals surface area contributed by atoms with Gasteiger partial charge in [0, 0.05) is 12.0 Å². The molecule has 4 heteroatoms. The lowest BCUT2D eigenvalue weighted by atomic mass is 10.1. The third-order valence-electron chi connectivity index (χ3n) is 2.89. The zero-order valence-electron chi connectivity index (χ0n) is 11.8. The van der Waals surface area contributed by atoms with Gasteiger partial charge < -0.3 is 9.64 Å². The fourth-order valence-corrected chi connectivity index (χ4v) is 3.02. The number of ether oxygens (including phenoxy) is 1. The number of esters is 1. The highest BCUT2D eigenvalue weighted by molar-refractivity contribution is 8.06. The van der Waals surface area contributed by atoms with Crippen LogP contribution < -0.4 is 0 Å². The molecule has 0 saturated carbocycles. The summed E-state index contributed by atoms with van der Waals surface area (Å²) in [5, 5.41) is 3.03. The second kappa shape index (κ2) is 7.20. The number of carbonyl (C=O) groups is 1. The van der Waals surface area contributed by atoms with E-state index in [0.29, 0.717) is 6.61 Å². The van der Waals surface area contributed by atoms with Crippen molar-refractivity contribution >= 4 is 23.4 Å². The zero-order valence-corrected chi connectivity index (χ0v) is 12.7. The number of benzene rings is 1.